The van der Waals surface area contributed by atoms with Crippen molar-refractivity contribution in [2.45, 2.75) is 57.0 Å². The number of carboxylic acids is 1. The lowest BCUT2D eigenvalue weighted by Crippen LogP contribution is -2.50. The second-order valence-corrected chi connectivity index (χ2v) is 10.0. The van der Waals surface area contributed by atoms with Gasteiger partial charge in [-0.15, -0.1) is 11.3 Å². The van der Waals surface area contributed by atoms with Gasteiger partial charge < -0.3 is 19.7 Å². The molecule has 2 aliphatic rings. The van der Waals surface area contributed by atoms with Crippen molar-refractivity contribution in [1.82, 2.24) is 4.90 Å². The van der Waals surface area contributed by atoms with Crippen LogP contribution in [0.25, 0.3) is 10.4 Å². The maximum atomic E-state index is 11.0. The monoisotopic (exact) mass is 485 g/mol. The maximum absolute atomic E-state index is 11.0. The molecule has 7 heteroatoms. The number of thiophene rings is 1. The Morgan fingerprint density at radius 2 is 2.00 bits per heavy atom. The molecule has 2 heterocycles. The zero-order chi connectivity index (χ0) is 23.8. The lowest BCUT2D eigenvalue weighted by atomic mass is 9.94. The van der Waals surface area contributed by atoms with E-state index in [0.29, 0.717) is 32.7 Å². The van der Waals surface area contributed by atoms with Gasteiger partial charge in [-0.1, -0.05) is 42.5 Å². The van der Waals surface area contributed by atoms with E-state index in [0.717, 1.165) is 31.5 Å². The number of aliphatic carboxylic acids is 1. The molecule has 0 spiro atoms. The smallest absolute Gasteiger partial charge is 0.303 e. The van der Waals surface area contributed by atoms with Gasteiger partial charge in [-0.05, 0) is 41.8 Å². The van der Waals surface area contributed by atoms with E-state index in [1.165, 1.54) is 10.4 Å². The minimum Gasteiger partial charge on any atom is -0.481 e. The quantitative estimate of drug-likeness (QED) is 0.358. The minimum absolute atomic E-state index is 0.0217. The lowest BCUT2D eigenvalue weighted by Gasteiger charge is -2.37. The molecule has 1 aliphatic heterocycles. The normalized spacial score (nSPS) is 25.8. The third-order valence-corrected chi connectivity index (χ3v) is 7.79. The second kappa shape index (κ2) is 12.6. The van der Waals surface area contributed by atoms with Crippen LogP contribution in [0.5, 0.6) is 0 Å². The highest BCUT2D eigenvalue weighted by atomic mass is 32.1. The van der Waals surface area contributed by atoms with Gasteiger partial charge in [0.15, 0.2) is 0 Å². The van der Waals surface area contributed by atoms with Crippen LogP contribution in [0.15, 0.2) is 53.9 Å². The molecule has 1 aliphatic carbocycles. The number of hydrogen-bond donors (Lipinski definition) is 2. The number of allylic oxidation sites excluding steroid dienone is 2. The first kappa shape index (κ1) is 25.1. The number of aliphatic hydroxyl groups is 1. The van der Waals surface area contributed by atoms with E-state index >= 15 is 0 Å². The molecular formula is C27H35NO5S. The molecule has 0 radical (unpaired) electrons. The van der Waals surface area contributed by atoms with E-state index in [2.05, 4.69) is 52.8 Å². The molecule has 2 N–H and O–H groups in total. The third-order valence-electron chi connectivity index (χ3n) is 6.76. The molecule has 6 nitrogen and oxygen atoms in total. The topological polar surface area (TPSA) is 79.2 Å². The zero-order valence-corrected chi connectivity index (χ0v) is 20.4. The van der Waals surface area contributed by atoms with Crippen molar-refractivity contribution < 1.29 is 24.5 Å². The van der Waals surface area contributed by atoms with Gasteiger partial charge in [0, 0.05) is 42.8 Å². The summed E-state index contributed by atoms with van der Waals surface area (Å²) in [4.78, 5) is 14.3. The van der Waals surface area contributed by atoms with Gasteiger partial charge >= 0.3 is 5.97 Å². The van der Waals surface area contributed by atoms with Crippen LogP contribution in [-0.4, -0.2) is 65.6 Å². The summed E-state index contributed by atoms with van der Waals surface area (Å²) in [6.07, 6.45) is 6.83. The summed E-state index contributed by atoms with van der Waals surface area (Å²) in [6.45, 7) is 3.60. The Morgan fingerprint density at radius 1 is 1.21 bits per heavy atom. The molecule has 4 rings (SSSR count). The number of benzene rings is 1. The number of carbonyl (C=O) groups is 1. The molecule has 1 aromatic carbocycles. The average Bonchev–Trinajstić information content (AvgIpc) is 3.45. The van der Waals surface area contributed by atoms with Crippen LogP contribution in [0.2, 0.25) is 0 Å². The summed E-state index contributed by atoms with van der Waals surface area (Å²) in [5.74, 6) is -0.562. The van der Waals surface area contributed by atoms with Crippen molar-refractivity contribution in [3.8, 4) is 10.4 Å². The molecule has 1 saturated heterocycles. The summed E-state index contributed by atoms with van der Waals surface area (Å²) in [5.41, 5.74) is 2.38. The molecule has 0 unspecified atom stereocenters. The maximum Gasteiger partial charge on any atom is 0.303 e. The first-order chi connectivity index (χ1) is 16.6. The predicted molar refractivity (Wildman–Crippen MR) is 134 cm³/mol. The molecule has 1 aromatic heterocycles. The number of hydrogen-bond acceptors (Lipinski definition) is 6. The number of morpholine rings is 1. The zero-order valence-electron chi connectivity index (χ0n) is 19.6. The van der Waals surface area contributed by atoms with Gasteiger partial charge in [0.1, 0.15) is 0 Å². The fourth-order valence-corrected chi connectivity index (χ4v) is 5.99. The summed E-state index contributed by atoms with van der Waals surface area (Å²) >= 11 is 1.73. The molecule has 0 amide bonds. The highest BCUT2D eigenvalue weighted by Gasteiger charge is 2.45. The number of carboxylic acid groups (broad SMARTS) is 1. The van der Waals surface area contributed by atoms with Gasteiger partial charge in [0.05, 0.1) is 32.0 Å². The van der Waals surface area contributed by atoms with Crippen molar-refractivity contribution in [3.63, 3.8) is 0 Å². The summed E-state index contributed by atoms with van der Waals surface area (Å²) < 4.78 is 12.0. The van der Waals surface area contributed by atoms with E-state index in [1.807, 2.05) is 6.07 Å². The average molecular weight is 486 g/mol. The fraction of sp³-hybridized carbons (Fsp3) is 0.519. The van der Waals surface area contributed by atoms with Crippen molar-refractivity contribution in [2.24, 2.45) is 5.92 Å². The second-order valence-electron chi connectivity index (χ2n) is 9.13. The molecule has 2 aromatic rings. The lowest BCUT2D eigenvalue weighted by molar-refractivity contribution is -0.137. The molecule has 0 bridgehead atoms. The Morgan fingerprint density at radius 3 is 2.76 bits per heavy atom. The summed E-state index contributed by atoms with van der Waals surface area (Å²) in [6, 6.07) is 12.6. The van der Waals surface area contributed by atoms with Crippen molar-refractivity contribution in [3.05, 3.63) is 59.5 Å². The van der Waals surface area contributed by atoms with E-state index in [9.17, 15) is 9.90 Å². The molecule has 4 atom stereocenters. The summed E-state index contributed by atoms with van der Waals surface area (Å²) in [5, 5.41) is 22.0. The highest BCUT2D eigenvalue weighted by Crippen LogP contribution is 2.37. The first-order valence-corrected chi connectivity index (χ1v) is 13.1. The number of rotatable bonds is 11. The third kappa shape index (κ3) is 6.77. The van der Waals surface area contributed by atoms with Gasteiger partial charge in [0.25, 0.3) is 0 Å². The Balaban J connectivity index is 1.39. The van der Waals surface area contributed by atoms with Gasteiger partial charge in [-0.2, -0.15) is 0 Å². The molecule has 2 fully saturated rings. The number of nitrogens with zero attached hydrogens (tertiary/aromatic N) is 1. The first-order valence-electron chi connectivity index (χ1n) is 12.2. The van der Waals surface area contributed by atoms with Crippen LogP contribution < -0.4 is 0 Å². The van der Waals surface area contributed by atoms with Crippen LogP contribution >= 0.6 is 11.3 Å². The van der Waals surface area contributed by atoms with E-state index in [1.54, 1.807) is 11.3 Å². The Bertz CT molecular complexity index is 924. The Labute approximate surface area is 205 Å². The predicted octanol–water partition coefficient (Wildman–Crippen LogP) is 4.58. The Kier molecular flexibility index (Phi) is 9.30. The van der Waals surface area contributed by atoms with Crippen molar-refractivity contribution in [2.75, 3.05) is 26.3 Å². The van der Waals surface area contributed by atoms with Gasteiger partial charge in [0.2, 0.25) is 0 Å². The molecule has 1 saturated carbocycles. The van der Waals surface area contributed by atoms with Crippen LogP contribution in [0, 0.1) is 5.92 Å². The van der Waals surface area contributed by atoms with Crippen LogP contribution in [-0.2, 0) is 20.9 Å². The van der Waals surface area contributed by atoms with Crippen LogP contribution in [0.3, 0.4) is 0 Å². The van der Waals surface area contributed by atoms with Crippen molar-refractivity contribution >= 4 is 17.3 Å². The van der Waals surface area contributed by atoms with Crippen LogP contribution in [0.4, 0.5) is 0 Å². The molecule has 184 valence electrons. The standard InChI is InChI=1S/C27H35NO5S/c29-23-17-24(33-18-20-16-25(34-19-20)21-8-4-3-5-9-21)22(10-6-1-2-7-11-26(30)31)27(23)28-12-14-32-15-13-28/h1,3-6,8-9,16,19,22-24,27,29H,2,7,10-15,17-18H2,(H,30,31)/t22-,23+,24-,27+/m0/s1. The fourth-order valence-electron chi connectivity index (χ4n) is 5.08. The molecule has 34 heavy (non-hydrogen) atoms. The van der Waals surface area contributed by atoms with Gasteiger partial charge in [-0.25, -0.2) is 0 Å². The van der Waals surface area contributed by atoms with Crippen LogP contribution in [0.1, 0.15) is 37.7 Å². The van der Waals surface area contributed by atoms with E-state index in [-0.39, 0.29) is 24.5 Å². The summed E-state index contributed by atoms with van der Waals surface area (Å²) in [7, 11) is 0. The van der Waals surface area contributed by atoms with Gasteiger partial charge in [-0.3, -0.25) is 9.69 Å². The largest absolute Gasteiger partial charge is 0.481 e. The number of aliphatic hydroxyl groups excluding tert-OH is 1. The highest BCUT2D eigenvalue weighted by molar-refractivity contribution is 7.13. The number of ether oxygens (including phenoxy) is 2. The Hall–Kier alpha value is -2.03. The minimum atomic E-state index is -0.753. The van der Waals surface area contributed by atoms with Crippen molar-refractivity contribution in [1.29, 1.82) is 0 Å². The molecular weight excluding hydrogens is 450 g/mol. The SMILES string of the molecule is O=C(O)CCCC=CC[C@@H]1[C@@H](N2CCOCC2)[C@H](O)C[C@@H]1OCc1csc(-c2ccccc2)c1. The van der Waals surface area contributed by atoms with E-state index < -0.39 is 12.1 Å². The van der Waals surface area contributed by atoms with E-state index in [4.69, 9.17) is 14.6 Å². The number of unbranched alkanes of at least 4 members (excludes halogenated alkanes) is 1.